The quantitative estimate of drug-likeness (QED) is 0.305. The lowest BCUT2D eigenvalue weighted by molar-refractivity contribution is -0.355. The van der Waals surface area contributed by atoms with E-state index in [2.05, 4.69) is 0 Å². The van der Waals surface area contributed by atoms with Crippen LogP contribution < -0.4 is 0 Å². The Kier molecular flexibility index (Phi) is 12.4. The topological polar surface area (TPSA) is 162 Å². The van der Waals surface area contributed by atoms with E-state index < -0.39 is 86.2 Å². The summed E-state index contributed by atoms with van der Waals surface area (Å²) in [6, 6.07) is 0. The second-order valence-corrected chi connectivity index (χ2v) is 11.6. The van der Waals surface area contributed by atoms with Crippen LogP contribution in [0.2, 0.25) is 0 Å². The fraction of sp³-hybridized carbons (Fsp3) is 1.00. The first-order valence-corrected chi connectivity index (χ1v) is 14.7. The largest absolute Gasteiger partial charge is 0.388 e. The second kappa shape index (κ2) is 15.1. The lowest BCUT2D eigenvalue weighted by Crippen LogP contribution is -2.61. The van der Waals surface area contributed by atoms with Crippen LogP contribution in [0, 0.1) is 0 Å². The number of hydrogen-bond donors (Lipinski definition) is 3. The first-order chi connectivity index (χ1) is 20.0. The van der Waals surface area contributed by atoms with Gasteiger partial charge in [-0.25, -0.2) is 0 Å². The molecule has 4 saturated heterocycles. The molecule has 3 N–H and O–H groups in total. The van der Waals surface area contributed by atoms with Gasteiger partial charge in [-0.2, -0.15) is 0 Å². The van der Waals surface area contributed by atoms with Crippen molar-refractivity contribution in [2.24, 2.45) is 0 Å². The number of rotatable bonds is 10. The molecule has 14 heteroatoms. The molecule has 4 aliphatic heterocycles. The highest BCUT2D eigenvalue weighted by atomic mass is 16.8. The molecule has 1 unspecified atom stereocenters. The molecule has 0 bridgehead atoms. The number of aliphatic hydroxyl groups is 3. The summed E-state index contributed by atoms with van der Waals surface area (Å²) in [5.74, 6) is 0. The molecule has 4 heterocycles. The summed E-state index contributed by atoms with van der Waals surface area (Å²) in [5.41, 5.74) is 0. The van der Waals surface area contributed by atoms with E-state index in [1.165, 1.54) is 7.11 Å². The van der Waals surface area contributed by atoms with Gasteiger partial charge in [0, 0.05) is 47.7 Å². The first-order valence-electron chi connectivity index (χ1n) is 14.7. The lowest BCUT2D eigenvalue weighted by Gasteiger charge is -2.47. The molecule has 0 spiro atoms. The van der Waals surface area contributed by atoms with Crippen LogP contribution in [-0.4, -0.2) is 148 Å². The number of aliphatic hydroxyl groups excluding tert-OH is 3. The Morgan fingerprint density at radius 1 is 0.476 bits per heavy atom. The van der Waals surface area contributed by atoms with E-state index in [9.17, 15) is 15.3 Å². The normalized spacial score (nSPS) is 50.5. The molecule has 4 fully saturated rings. The number of ether oxygens (including phenoxy) is 11. The van der Waals surface area contributed by atoms with Crippen molar-refractivity contribution in [2.75, 3.05) is 28.4 Å². The van der Waals surface area contributed by atoms with Crippen LogP contribution in [0.4, 0.5) is 0 Å². The van der Waals surface area contributed by atoms with Crippen LogP contribution in [0.15, 0.2) is 0 Å². The molecule has 4 aliphatic rings. The van der Waals surface area contributed by atoms with Gasteiger partial charge in [0.2, 0.25) is 0 Å². The molecular weight excluding hydrogens is 560 g/mol. The molecule has 0 amide bonds. The van der Waals surface area contributed by atoms with E-state index in [1.807, 2.05) is 20.8 Å². The van der Waals surface area contributed by atoms with Gasteiger partial charge < -0.3 is 67.4 Å². The van der Waals surface area contributed by atoms with E-state index in [1.54, 1.807) is 28.3 Å². The molecule has 0 saturated carbocycles. The third kappa shape index (κ3) is 7.62. The highest BCUT2D eigenvalue weighted by Gasteiger charge is 2.49. The summed E-state index contributed by atoms with van der Waals surface area (Å²) >= 11 is 0. The van der Waals surface area contributed by atoms with Gasteiger partial charge in [-0.15, -0.1) is 0 Å². The van der Waals surface area contributed by atoms with Crippen molar-refractivity contribution >= 4 is 0 Å². The van der Waals surface area contributed by atoms with Gasteiger partial charge in [0.1, 0.15) is 36.6 Å². The van der Waals surface area contributed by atoms with E-state index in [0.29, 0.717) is 19.3 Å². The summed E-state index contributed by atoms with van der Waals surface area (Å²) < 4.78 is 65.0. The number of hydrogen-bond acceptors (Lipinski definition) is 14. The Morgan fingerprint density at radius 2 is 0.929 bits per heavy atom. The summed E-state index contributed by atoms with van der Waals surface area (Å²) in [5, 5.41) is 31.0. The van der Waals surface area contributed by atoms with Gasteiger partial charge in [-0.05, 0) is 27.7 Å². The molecule has 4 rings (SSSR count). The van der Waals surface area contributed by atoms with E-state index in [0.717, 1.165) is 0 Å². The Labute approximate surface area is 247 Å². The van der Waals surface area contributed by atoms with Crippen LogP contribution in [0.3, 0.4) is 0 Å². The molecule has 42 heavy (non-hydrogen) atoms. The van der Waals surface area contributed by atoms with Crippen molar-refractivity contribution in [3.63, 3.8) is 0 Å². The zero-order valence-corrected chi connectivity index (χ0v) is 25.8. The molecule has 0 aliphatic carbocycles. The van der Waals surface area contributed by atoms with Gasteiger partial charge in [0.15, 0.2) is 25.2 Å². The van der Waals surface area contributed by atoms with Gasteiger partial charge >= 0.3 is 0 Å². The Balaban J connectivity index is 1.35. The van der Waals surface area contributed by atoms with Crippen molar-refractivity contribution < 1.29 is 67.4 Å². The van der Waals surface area contributed by atoms with Gasteiger partial charge in [0.05, 0.1) is 42.7 Å². The standard InChI is InChI=1S/C28H50O14/c1-12-22(30)27(35-8)23(31)28(39-12)42-26-15(4)38-21(11-18(26)34-7)41-25-14(3)37-20(10-17(25)33-6)40-24-13(2)36-19(29)9-16(24)32-5/h12-31H,9-11H2,1-8H3/t12-,13-,14-,15-,16+,17+,18-,19?,20+,21+,22-,23-,24-,25-,26-,27-,28+/m1/s1. The smallest absolute Gasteiger partial charge is 0.187 e. The van der Waals surface area contributed by atoms with E-state index in [4.69, 9.17) is 52.1 Å². The third-order valence-electron chi connectivity index (χ3n) is 8.75. The fourth-order valence-electron chi connectivity index (χ4n) is 6.37. The molecule has 0 aromatic heterocycles. The molecule has 17 atom stereocenters. The van der Waals surface area contributed by atoms with Crippen molar-refractivity contribution in [1.29, 1.82) is 0 Å². The Morgan fingerprint density at radius 3 is 1.40 bits per heavy atom. The average Bonchev–Trinajstić information content (AvgIpc) is 2.95. The first kappa shape index (κ1) is 34.3. The second-order valence-electron chi connectivity index (χ2n) is 11.6. The Hall–Kier alpha value is -0.560. The van der Waals surface area contributed by atoms with Gasteiger partial charge in [0.25, 0.3) is 0 Å². The van der Waals surface area contributed by atoms with Crippen molar-refractivity contribution in [1.82, 2.24) is 0 Å². The average molecular weight is 611 g/mol. The molecule has 0 aromatic carbocycles. The predicted molar refractivity (Wildman–Crippen MR) is 143 cm³/mol. The van der Waals surface area contributed by atoms with E-state index >= 15 is 0 Å². The molecular formula is C28H50O14. The van der Waals surface area contributed by atoms with Gasteiger partial charge in [-0.3, -0.25) is 0 Å². The monoisotopic (exact) mass is 610 g/mol. The molecule has 246 valence electrons. The van der Waals surface area contributed by atoms with Crippen molar-refractivity contribution in [3.05, 3.63) is 0 Å². The van der Waals surface area contributed by atoms with Crippen molar-refractivity contribution in [3.8, 4) is 0 Å². The van der Waals surface area contributed by atoms with E-state index in [-0.39, 0.29) is 18.3 Å². The highest BCUT2D eigenvalue weighted by Crippen LogP contribution is 2.35. The summed E-state index contributed by atoms with van der Waals surface area (Å²) in [6.07, 6.45) is -9.70. The minimum atomic E-state index is -1.20. The summed E-state index contributed by atoms with van der Waals surface area (Å²) in [7, 11) is 6.19. The Bertz CT molecular complexity index is 821. The zero-order chi connectivity index (χ0) is 30.7. The maximum absolute atomic E-state index is 10.7. The highest BCUT2D eigenvalue weighted by molar-refractivity contribution is 4.92. The van der Waals surface area contributed by atoms with Crippen LogP contribution in [0.25, 0.3) is 0 Å². The maximum Gasteiger partial charge on any atom is 0.187 e. The summed E-state index contributed by atoms with van der Waals surface area (Å²) in [6.45, 7) is 7.25. The zero-order valence-electron chi connectivity index (χ0n) is 25.8. The number of methoxy groups -OCH3 is 4. The minimum absolute atomic E-state index is 0.301. The van der Waals surface area contributed by atoms with Crippen molar-refractivity contribution in [2.45, 2.75) is 151 Å². The lowest BCUT2D eigenvalue weighted by atomic mass is 9.98. The fourth-order valence-corrected chi connectivity index (χ4v) is 6.37. The SMILES string of the molecule is CO[C@H]1[C@@H](O)[C@H](O[C@@H]2[C@@H](C)O[C@@H](O[C@H]3[C@@H](OC)C[C@H](O[C@H]4[C@@H](OC)CC(O)O[C@@H]4C)O[C@@H]3C)C[C@H]2OC)O[C@H](C)[C@H]1O. The molecule has 14 nitrogen and oxygen atoms in total. The summed E-state index contributed by atoms with van der Waals surface area (Å²) in [4.78, 5) is 0. The van der Waals surface area contributed by atoms with Crippen LogP contribution >= 0.6 is 0 Å². The van der Waals surface area contributed by atoms with Gasteiger partial charge in [-0.1, -0.05) is 0 Å². The minimum Gasteiger partial charge on any atom is -0.388 e. The van der Waals surface area contributed by atoms with Crippen LogP contribution in [0.5, 0.6) is 0 Å². The predicted octanol–water partition coefficient (Wildman–Crippen LogP) is 0.0656. The molecule has 0 aromatic rings. The van der Waals surface area contributed by atoms with Crippen LogP contribution in [0.1, 0.15) is 47.0 Å². The molecule has 0 radical (unpaired) electrons. The maximum atomic E-state index is 10.7. The third-order valence-corrected chi connectivity index (χ3v) is 8.75. The van der Waals surface area contributed by atoms with Crippen LogP contribution in [-0.2, 0) is 52.1 Å².